The zero-order chi connectivity index (χ0) is 9.14. The molecule has 0 saturated heterocycles. The highest BCUT2D eigenvalue weighted by molar-refractivity contribution is 4.92. The minimum absolute atomic E-state index is 0.382. The number of hydrogen-bond acceptors (Lipinski definition) is 3. The summed E-state index contributed by atoms with van der Waals surface area (Å²) in [7, 11) is 1.67. The lowest BCUT2D eigenvalue weighted by molar-refractivity contribution is 0.127. The molecule has 12 heavy (non-hydrogen) atoms. The monoisotopic (exact) mass is 176 g/mol. The van der Waals surface area contributed by atoms with E-state index >= 15 is 0 Å². The molecule has 1 unspecified atom stereocenters. The summed E-state index contributed by atoms with van der Waals surface area (Å²) in [6, 6.07) is -0.738. The Kier molecular flexibility index (Phi) is 2.69. The molecule has 0 saturated carbocycles. The first kappa shape index (κ1) is 9.05. The van der Waals surface area contributed by atoms with Crippen molar-refractivity contribution in [2.75, 3.05) is 0 Å². The lowest BCUT2D eigenvalue weighted by Gasteiger charge is -2.08. The van der Waals surface area contributed by atoms with Crippen LogP contribution in [-0.2, 0) is 7.05 Å². The molecule has 0 aliphatic heterocycles. The summed E-state index contributed by atoms with van der Waals surface area (Å²) in [5.41, 5.74) is 5.44. The Balaban J connectivity index is 2.65. The molecular weight excluding hydrogens is 166 g/mol. The molecule has 0 fully saturated rings. The zero-order valence-corrected chi connectivity index (χ0v) is 6.61. The van der Waals surface area contributed by atoms with Gasteiger partial charge in [-0.15, -0.1) is 10.2 Å². The molecule has 0 aliphatic carbocycles. The highest BCUT2D eigenvalue weighted by Gasteiger charge is 2.16. The summed E-state index contributed by atoms with van der Waals surface area (Å²) in [4.78, 5) is 0. The van der Waals surface area contributed by atoms with Gasteiger partial charge in [-0.1, -0.05) is 0 Å². The molecule has 1 heterocycles. The van der Waals surface area contributed by atoms with Crippen molar-refractivity contribution in [1.82, 2.24) is 14.8 Å². The van der Waals surface area contributed by atoms with Crippen molar-refractivity contribution >= 4 is 0 Å². The van der Waals surface area contributed by atoms with E-state index in [1.54, 1.807) is 7.05 Å². The van der Waals surface area contributed by atoms with Gasteiger partial charge in [-0.3, -0.25) is 0 Å². The Morgan fingerprint density at radius 2 is 2.33 bits per heavy atom. The second-order valence-corrected chi connectivity index (χ2v) is 2.53. The third kappa shape index (κ3) is 1.97. The molecule has 0 aromatic carbocycles. The van der Waals surface area contributed by atoms with E-state index in [4.69, 9.17) is 5.73 Å². The molecule has 1 aromatic heterocycles. The zero-order valence-electron chi connectivity index (χ0n) is 6.61. The Hall–Kier alpha value is -1.04. The molecule has 0 aliphatic rings. The maximum Gasteiger partial charge on any atom is 0.240 e. The Labute approximate surface area is 68.4 Å². The van der Waals surface area contributed by atoms with E-state index in [0.29, 0.717) is 5.82 Å². The highest BCUT2D eigenvalue weighted by atomic mass is 19.3. The number of nitrogens with zero attached hydrogens (tertiary/aromatic N) is 3. The minimum atomic E-state index is -2.41. The minimum Gasteiger partial charge on any atom is -0.321 e. The summed E-state index contributed by atoms with van der Waals surface area (Å²) in [6.07, 6.45) is -1.36. The molecule has 4 nitrogen and oxygen atoms in total. The summed E-state index contributed by atoms with van der Waals surface area (Å²) in [5, 5.41) is 7.16. The number of hydrogen-bond donors (Lipinski definition) is 1. The van der Waals surface area contributed by atoms with Crippen LogP contribution in [-0.4, -0.2) is 21.2 Å². The van der Waals surface area contributed by atoms with Gasteiger partial charge in [0.25, 0.3) is 0 Å². The van der Waals surface area contributed by atoms with Crippen molar-refractivity contribution in [2.24, 2.45) is 12.8 Å². The highest BCUT2D eigenvalue weighted by Crippen LogP contribution is 2.14. The average Bonchev–Trinajstić information content (AvgIpc) is 2.33. The van der Waals surface area contributed by atoms with Crippen LogP contribution in [0.1, 0.15) is 18.3 Å². The number of rotatable bonds is 3. The number of aromatic nitrogens is 3. The lowest BCUT2D eigenvalue weighted by atomic mass is 10.2. The van der Waals surface area contributed by atoms with Crippen LogP contribution in [0.15, 0.2) is 6.33 Å². The SMILES string of the molecule is Cn1cnnc1C(N)CC(F)F. The first-order chi connectivity index (χ1) is 5.61. The fraction of sp³-hybridized carbons (Fsp3) is 0.667. The van der Waals surface area contributed by atoms with Crippen LogP contribution in [0.4, 0.5) is 8.78 Å². The fourth-order valence-corrected chi connectivity index (χ4v) is 0.925. The van der Waals surface area contributed by atoms with Crippen LogP contribution < -0.4 is 5.73 Å². The first-order valence-corrected chi connectivity index (χ1v) is 3.49. The standard InChI is InChI=1S/C6H10F2N4/c1-12-3-10-11-6(12)4(9)2-5(7)8/h3-5H,2,9H2,1H3. The molecule has 1 rings (SSSR count). The van der Waals surface area contributed by atoms with Gasteiger partial charge < -0.3 is 10.3 Å². The van der Waals surface area contributed by atoms with E-state index in [2.05, 4.69) is 10.2 Å². The molecular formula is C6H10F2N4. The molecule has 6 heteroatoms. The number of halogens is 2. The van der Waals surface area contributed by atoms with Gasteiger partial charge >= 0.3 is 0 Å². The van der Waals surface area contributed by atoms with Gasteiger partial charge in [-0.2, -0.15) is 0 Å². The van der Waals surface area contributed by atoms with Crippen LogP contribution in [0.5, 0.6) is 0 Å². The van der Waals surface area contributed by atoms with Crippen LogP contribution in [0.3, 0.4) is 0 Å². The predicted molar refractivity (Wildman–Crippen MR) is 38.6 cm³/mol. The Bertz CT molecular complexity index is 247. The van der Waals surface area contributed by atoms with Crippen LogP contribution in [0.25, 0.3) is 0 Å². The van der Waals surface area contributed by atoms with E-state index < -0.39 is 12.5 Å². The molecule has 1 aromatic rings. The number of nitrogens with two attached hydrogens (primary N) is 1. The lowest BCUT2D eigenvalue weighted by Crippen LogP contribution is -2.18. The molecule has 1 atom stereocenters. The maximum absolute atomic E-state index is 11.9. The van der Waals surface area contributed by atoms with Crippen molar-refractivity contribution in [2.45, 2.75) is 18.9 Å². The molecule has 0 bridgehead atoms. The van der Waals surface area contributed by atoms with Gasteiger partial charge in [-0.25, -0.2) is 8.78 Å². The van der Waals surface area contributed by atoms with Crippen molar-refractivity contribution in [3.63, 3.8) is 0 Å². The van der Waals surface area contributed by atoms with E-state index in [0.717, 1.165) is 0 Å². The smallest absolute Gasteiger partial charge is 0.240 e. The number of alkyl halides is 2. The van der Waals surface area contributed by atoms with E-state index in [1.165, 1.54) is 10.9 Å². The summed E-state index contributed by atoms with van der Waals surface area (Å²) in [5.74, 6) is 0.385. The topological polar surface area (TPSA) is 56.7 Å². The second-order valence-electron chi connectivity index (χ2n) is 2.53. The van der Waals surface area contributed by atoms with Crippen LogP contribution in [0.2, 0.25) is 0 Å². The molecule has 0 spiro atoms. The third-order valence-electron chi connectivity index (χ3n) is 1.51. The van der Waals surface area contributed by atoms with Gasteiger partial charge in [-0.05, 0) is 0 Å². The largest absolute Gasteiger partial charge is 0.321 e. The number of aryl methyl sites for hydroxylation is 1. The van der Waals surface area contributed by atoms with Gasteiger partial charge in [0.15, 0.2) is 0 Å². The molecule has 0 radical (unpaired) electrons. The van der Waals surface area contributed by atoms with Crippen molar-refractivity contribution in [1.29, 1.82) is 0 Å². The maximum atomic E-state index is 11.9. The van der Waals surface area contributed by atoms with Crippen LogP contribution in [0, 0.1) is 0 Å². The molecule has 2 N–H and O–H groups in total. The summed E-state index contributed by atoms with van der Waals surface area (Å²) < 4.78 is 25.3. The van der Waals surface area contributed by atoms with E-state index in [-0.39, 0.29) is 6.42 Å². The Morgan fingerprint density at radius 3 is 2.75 bits per heavy atom. The molecule has 68 valence electrons. The summed E-state index contributed by atoms with van der Waals surface area (Å²) in [6.45, 7) is 0. The van der Waals surface area contributed by atoms with E-state index in [1.807, 2.05) is 0 Å². The normalized spacial score (nSPS) is 13.8. The van der Waals surface area contributed by atoms with Crippen molar-refractivity contribution in [3.8, 4) is 0 Å². The van der Waals surface area contributed by atoms with Gasteiger partial charge in [0.2, 0.25) is 6.43 Å². The van der Waals surface area contributed by atoms with E-state index in [9.17, 15) is 8.78 Å². The van der Waals surface area contributed by atoms with Gasteiger partial charge in [0, 0.05) is 13.5 Å². The van der Waals surface area contributed by atoms with Gasteiger partial charge in [0.1, 0.15) is 12.2 Å². The predicted octanol–water partition coefficient (Wildman–Crippen LogP) is 0.470. The molecule has 0 amide bonds. The van der Waals surface area contributed by atoms with Crippen LogP contribution >= 0.6 is 0 Å². The first-order valence-electron chi connectivity index (χ1n) is 3.49. The quantitative estimate of drug-likeness (QED) is 0.728. The Morgan fingerprint density at radius 1 is 1.67 bits per heavy atom. The van der Waals surface area contributed by atoms with Crippen molar-refractivity contribution in [3.05, 3.63) is 12.2 Å². The second kappa shape index (κ2) is 3.57. The fourth-order valence-electron chi connectivity index (χ4n) is 0.925. The summed E-state index contributed by atoms with van der Waals surface area (Å²) >= 11 is 0. The van der Waals surface area contributed by atoms with Crippen molar-refractivity contribution < 1.29 is 8.78 Å². The van der Waals surface area contributed by atoms with Gasteiger partial charge in [0.05, 0.1) is 6.04 Å². The third-order valence-corrected chi connectivity index (χ3v) is 1.51. The average molecular weight is 176 g/mol.